The topological polar surface area (TPSA) is 91.0 Å². The van der Waals surface area contributed by atoms with E-state index in [-0.39, 0.29) is 17.4 Å². The lowest BCUT2D eigenvalue weighted by molar-refractivity contribution is -0.701. The SMILES string of the molecule is CNC(=O)CN(C)/[N+]([O-])=N\O. The third kappa shape index (κ3) is 3.23. The molecule has 64 valence electrons. The first-order chi connectivity index (χ1) is 5.11. The van der Waals surface area contributed by atoms with Crippen LogP contribution in [-0.4, -0.2) is 41.7 Å². The Labute approximate surface area is 63.4 Å². The number of amides is 1. The van der Waals surface area contributed by atoms with E-state index in [0.717, 1.165) is 5.01 Å². The van der Waals surface area contributed by atoms with Crippen molar-refractivity contribution in [2.24, 2.45) is 5.28 Å². The summed E-state index contributed by atoms with van der Waals surface area (Å²) in [5, 5.41) is 23.9. The van der Waals surface area contributed by atoms with Crippen LogP contribution in [0.2, 0.25) is 0 Å². The summed E-state index contributed by atoms with van der Waals surface area (Å²) in [6.45, 7) is -0.149. The lowest BCUT2D eigenvalue weighted by Crippen LogP contribution is -2.36. The average molecular weight is 162 g/mol. The van der Waals surface area contributed by atoms with Gasteiger partial charge in [-0.1, -0.05) is 0 Å². The van der Waals surface area contributed by atoms with Crippen LogP contribution in [0.15, 0.2) is 5.28 Å². The van der Waals surface area contributed by atoms with E-state index in [1.165, 1.54) is 14.1 Å². The molecule has 0 aromatic rings. The van der Waals surface area contributed by atoms with E-state index >= 15 is 0 Å². The number of hydrogen-bond donors (Lipinski definition) is 2. The van der Waals surface area contributed by atoms with Gasteiger partial charge in [0.1, 0.15) is 0 Å². The molecule has 7 heteroatoms. The minimum absolute atomic E-state index is 0.0881. The largest absolute Gasteiger partial charge is 0.569 e. The summed E-state index contributed by atoms with van der Waals surface area (Å²) in [7, 11) is 2.77. The van der Waals surface area contributed by atoms with Crippen molar-refractivity contribution in [1.82, 2.24) is 10.3 Å². The molecule has 0 aliphatic carbocycles. The van der Waals surface area contributed by atoms with Crippen LogP contribution < -0.4 is 5.32 Å². The minimum Gasteiger partial charge on any atom is -0.569 e. The molecule has 2 N–H and O–H groups in total. The van der Waals surface area contributed by atoms with Crippen LogP contribution in [0, 0.1) is 5.21 Å². The molecule has 0 heterocycles. The van der Waals surface area contributed by atoms with Gasteiger partial charge in [-0.3, -0.25) is 4.79 Å². The molecule has 0 aromatic heterocycles. The summed E-state index contributed by atoms with van der Waals surface area (Å²) >= 11 is 0. The number of hydrogen-bond acceptors (Lipinski definition) is 3. The van der Waals surface area contributed by atoms with Gasteiger partial charge < -0.3 is 15.7 Å². The Kier molecular flexibility index (Phi) is 3.71. The first kappa shape index (κ1) is 9.47. The molecule has 0 spiro atoms. The molecule has 0 saturated heterocycles. The Morgan fingerprint density at radius 1 is 1.91 bits per heavy atom. The lowest BCUT2D eigenvalue weighted by Gasteiger charge is -2.10. The molecular weight excluding hydrogens is 152 g/mol. The molecule has 1 amide bonds. The Morgan fingerprint density at radius 3 is 2.82 bits per heavy atom. The van der Waals surface area contributed by atoms with Crippen LogP contribution in [-0.2, 0) is 4.79 Å². The maximum Gasteiger partial charge on any atom is 0.245 e. The molecule has 11 heavy (non-hydrogen) atoms. The minimum atomic E-state index is -0.336. The van der Waals surface area contributed by atoms with E-state index in [9.17, 15) is 10.0 Å². The van der Waals surface area contributed by atoms with Gasteiger partial charge in [-0.25, -0.2) is 0 Å². The number of rotatable bonds is 3. The van der Waals surface area contributed by atoms with Crippen molar-refractivity contribution in [2.75, 3.05) is 20.6 Å². The zero-order valence-corrected chi connectivity index (χ0v) is 6.31. The summed E-state index contributed by atoms with van der Waals surface area (Å²) in [5.41, 5.74) is 0. The third-order valence-electron chi connectivity index (χ3n) is 1.02. The van der Waals surface area contributed by atoms with Crippen LogP contribution in [0.4, 0.5) is 0 Å². The van der Waals surface area contributed by atoms with Crippen molar-refractivity contribution in [1.29, 1.82) is 0 Å². The fraction of sp³-hybridized carbons (Fsp3) is 0.750. The van der Waals surface area contributed by atoms with Gasteiger partial charge in [0.05, 0.1) is 12.0 Å². The van der Waals surface area contributed by atoms with Crippen LogP contribution in [0.1, 0.15) is 0 Å². The number of hydrazine groups is 1. The van der Waals surface area contributed by atoms with Crippen LogP contribution in [0.5, 0.6) is 0 Å². The van der Waals surface area contributed by atoms with Crippen LogP contribution in [0.25, 0.3) is 0 Å². The van der Waals surface area contributed by atoms with E-state index in [0.29, 0.717) is 0 Å². The summed E-state index contributed by atoms with van der Waals surface area (Å²) < 4.78 is 0. The maximum atomic E-state index is 10.6. The number of likely N-dealkylation sites (N-methyl/N-ethyl adjacent to an activating group) is 2. The highest BCUT2D eigenvalue weighted by molar-refractivity contribution is 5.77. The Morgan fingerprint density at radius 2 is 2.45 bits per heavy atom. The zero-order valence-electron chi connectivity index (χ0n) is 6.31. The molecule has 0 radical (unpaired) electrons. The number of nitrogens with one attached hydrogen (secondary N) is 1. The van der Waals surface area contributed by atoms with Crippen LogP contribution in [0.3, 0.4) is 0 Å². The average Bonchev–Trinajstić information content (AvgIpc) is 2.02. The second kappa shape index (κ2) is 4.31. The highest BCUT2D eigenvalue weighted by atomic mass is 16.6. The summed E-state index contributed by atoms with van der Waals surface area (Å²) in [5.74, 6) is -0.336. The molecule has 0 fully saturated rings. The zero-order chi connectivity index (χ0) is 8.85. The smallest absolute Gasteiger partial charge is 0.245 e. The first-order valence-electron chi connectivity index (χ1n) is 2.85. The highest BCUT2D eigenvalue weighted by Gasteiger charge is 2.09. The molecule has 0 aromatic carbocycles. The Hall–Kier alpha value is -1.53. The van der Waals surface area contributed by atoms with Gasteiger partial charge in [0, 0.05) is 7.05 Å². The second-order valence-electron chi connectivity index (χ2n) is 1.83. The van der Waals surface area contributed by atoms with E-state index < -0.39 is 0 Å². The molecule has 0 rings (SSSR count). The summed E-state index contributed by atoms with van der Waals surface area (Å²) in [4.78, 5) is 10.5. The molecular formula is C4H10N4O3. The molecule has 0 aliphatic rings. The summed E-state index contributed by atoms with van der Waals surface area (Å²) in [6, 6.07) is 0. The number of carbonyl (C=O) groups excluding carboxylic acids is 1. The monoisotopic (exact) mass is 162 g/mol. The van der Waals surface area contributed by atoms with Crippen molar-refractivity contribution in [3.05, 3.63) is 5.21 Å². The summed E-state index contributed by atoms with van der Waals surface area (Å²) in [6.07, 6.45) is 0. The van der Waals surface area contributed by atoms with E-state index in [1.807, 2.05) is 0 Å². The Balaban J connectivity index is 3.87. The molecule has 0 saturated carbocycles. The predicted molar refractivity (Wildman–Crippen MR) is 34.5 cm³/mol. The van der Waals surface area contributed by atoms with Crippen molar-refractivity contribution in [2.45, 2.75) is 0 Å². The predicted octanol–water partition coefficient (Wildman–Crippen LogP) is -1.07. The molecule has 0 atom stereocenters. The van der Waals surface area contributed by atoms with Gasteiger partial charge in [0.2, 0.25) is 11.2 Å². The fourth-order valence-corrected chi connectivity index (χ4v) is 0.416. The van der Waals surface area contributed by atoms with Gasteiger partial charge >= 0.3 is 0 Å². The molecule has 7 nitrogen and oxygen atoms in total. The fourth-order valence-electron chi connectivity index (χ4n) is 0.416. The number of carbonyl (C=O) groups is 1. The molecule has 0 aliphatic heterocycles. The molecule has 0 bridgehead atoms. The van der Waals surface area contributed by atoms with Gasteiger partial charge in [-0.05, 0) is 0 Å². The van der Waals surface area contributed by atoms with Crippen molar-refractivity contribution in [3.8, 4) is 0 Å². The van der Waals surface area contributed by atoms with Gasteiger partial charge in [-0.2, -0.15) is 0 Å². The molecule has 0 unspecified atom stereocenters. The van der Waals surface area contributed by atoms with E-state index in [2.05, 4.69) is 10.6 Å². The first-order valence-corrected chi connectivity index (χ1v) is 2.85. The van der Waals surface area contributed by atoms with Gasteiger partial charge in [0.25, 0.3) is 0 Å². The maximum absolute atomic E-state index is 10.6. The quantitative estimate of drug-likeness (QED) is 0.314. The lowest BCUT2D eigenvalue weighted by atomic mass is 10.6. The van der Waals surface area contributed by atoms with E-state index in [1.54, 1.807) is 0 Å². The van der Waals surface area contributed by atoms with Gasteiger partial charge in [-0.15, -0.1) is 5.01 Å². The van der Waals surface area contributed by atoms with Crippen LogP contribution >= 0.6 is 0 Å². The van der Waals surface area contributed by atoms with Crippen molar-refractivity contribution >= 4 is 5.91 Å². The van der Waals surface area contributed by atoms with Gasteiger partial charge in [0.15, 0.2) is 6.54 Å². The van der Waals surface area contributed by atoms with Crippen molar-refractivity contribution < 1.29 is 15.0 Å². The van der Waals surface area contributed by atoms with Crippen molar-refractivity contribution in [3.63, 3.8) is 0 Å². The normalized spacial score (nSPS) is 10.9. The standard InChI is InChI=1S/C4H10N4O3/c1-5-4(9)3-7(2)8(11)6-10/h10H,3H2,1-2H3,(H,5,9)/b8-6+. The number of nitrogens with zero attached hydrogens (tertiary/aromatic N) is 3. The Bertz CT molecular complexity index is 169. The third-order valence-corrected chi connectivity index (χ3v) is 1.02. The van der Waals surface area contributed by atoms with E-state index in [4.69, 9.17) is 5.21 Å². The second-order valence-corrected chi connectivity index (χ2v) is 1.83. The highest BCUT2D eigenvalue weighted by Crippen LogP contribution is 1.82.